The molecule has 2 aromatic rings. The van der Waals surface area contributed by atoms with Gasteiger partial charge in [0, 0.05) is 16.6 Å². The first kappa shape index (κ1) is 14.0. The maximum absolute atomic E-state index is 13.6. The Morgan fingerprint density at radius 1 is 1.42 bits per heavy atom. The lowest BCUT2D eigenvalue weighted by atomic mass is 10.2. The molecule has 3 N–H and O–H groups in total. The number of nitrogen functional groups attached to an aromatic ring is 1. The molecule has 0 amide bonds. The zero-order valence-corrected chi connectivity index (χ0v) is 12.4. The Morgan fingerprint density at radius 3 is 2.89 bits per heavy atom. The van der Waals surface area contributed by atoms with Crippen molar-refractivity contribution in [2.45, 2.75) is 13.5 Å². The normalized spacial score (nSPS) is 10.5. The molecule has 2 rings (SSSR count). The van der Waals surface area contributed by atoms with E-state index in [4.69, 9.17) is 17.3 Å². The van der Waals surface area contributed by atoms with E-state index in [1.54, 1.807) is 19.1 Å². The first-order chi connectivity index (χ1) is 8.97. The average molecular weight is 346 g/mol. The molecular weight excluding hydrogens is 335 g/mol. The second kappa shape index (κ2) is 5.71. The molecule has 1 aromatic heterocycles. The van der Waals surface area contributed by atoms with Crippen molar-refractivity contribution in [1.29, 1.82) is 0 Å². The molecule has 0 radical (unpaired) electrons. The molecule has 1 heterocycles. The summed E-state index contributed by atoms with van der Waals surface area (Å²) in [5, 5.41) is 3.06. The van der Waals surface area contributed by atoms with Crippen LogP contribution in [0.4, 0.5) is 15.9 Å². The molecule has 0 unspecified atom stereocenters. The van der Waals surface area contributed by atoms with Crippen LogP contribution in [0.3, 0.4) is 0 Å². The molecule has 7 heteroatoms. The molecule has 0 saturated heterocycles. The van der Waals surface area contributed by atoms with Crippen LogP contribution in [-0.2, 0) is 6.54 Å². The number of nitrogens with one attached hydrogen (secondary N) is 1. The van der Waals surface area contributed by atoms with Crippen molar-refractivity contribution >= 4 is 39.0 Å². The Morgan fingerprint density at radius 2 is 2.16 bits per heavy atom. The number of halogens is 3. The molecule has 100 valence electrons. The van der Waals surface area contributed by atoms with Crippen molar-refractivity contribution in [2.24, 2.45) is 0 Å². The van der Waals surface area contributed by atoms with Crippen molar-refractivity contribution in [3.8, 4) is 0 Å². The van der Waals surface area contributed by atoms with Crippen LogP contribution in [0.25, 0.3) is 0 Å². The predicted octanol–water partition coefficient (Wildman–Crippen LogP) is 3.53. The smallest absolute Gasteiger partial charge is 0.224 e. The summed E-state index contributed by atoms with van der Waals surface area (Å²) in [6, 6.07) is 4.72. The van der Waals surface area contributed by atoms with Gasteiger partial charge in [0.2, 0.25) is 5.28 Å². The number of hydrogen-bond acceptors (Lipinski definition) is 4. The second-order valence-electron chi connectivity index (χ2n) is 3.93. The first-order valence-electron chi connectivity index (χ1n) is 5.45. The number of rotatable bonds is 3. The van der Waals surface area contributed by atoms with Crippen LogP contribution in [0.15, 0.2) is 22.7 Å². The van der Waals surface area contributed by atoms with Crippen molar-refractivity contribution in [3.05, 3.63) is 45.0 Å². The molecule has 0 fully saturated rings. The molecule has 1 aromatic carbocycles. The van der Waals surface area contributed by atoms with E-state index in [0.717, 1.165) is 4.47 Å². The van der Waals surface area contributed by atoms with Gasteiger partial charge in [0.05, 0.1) is 11.4 Å². The Bertz CT molecular complexity index is 621. The number of nitrogens with two attached hydrogens (primary N) is 1. The molecule has 4 nitrogen and oxygen atoms in total. The highest BCUT2D eigenvalue weighted by Crippen LogP contribution is 2.22. The molecule has 0 atom stereocenters. The van der Waals surface area contributed by atoms with Crippen LogP contribution < -0.4 is 11.1 Å². The minimum atomic E-state index is -0.300. The highest BCUT2D eigenvalue weighted by atomic mass is 79.9. The monoisotopic (exact) mass is 344 g/mol. The highest BCUT2D eigenvalue weighted by Gasteiger charge is 2.09. The predicted molar refractivity (Wildman–Crippen MR) is 77.6 cm³/mol. The first-order valence-corrected chi connectivity index (χ1v) is 6.62. The Kier molecular flexibility index (Phi) is 4.21. The quantitative estimate of drug-likeness (QED) is 0.835. The van der Waals surface area contributed by atoms with Gasteiger partial charge >= 0.3 is 0 Å². The van der Waals surface area contributed by atoms with Crippen molar-refractivity contribution in [3.63, 3.8) is 0 Å². The van der Waals surface area contributed by atoms with Gasteiger partial charge in [-0.25, -0.2) is 9.37 Å². The number of hydrogen-bond donors (Lipinski definition) is 2. The van der Waals surface area contributed by atoms with Crippen LogP contribution in [0.1, 0.15) is 11.3 Å². The van der Waals surface area contributed by atoms with Crippen molar-refractivity contribution in [1.82, 2.24) is 9.97 Å². The fourth-order valence-corrected chi connectivity index (χ4v) is 2.16. The standard InChI is InChI=1S/C12H11BrClFN4/c1-6-10(16)11(19-12(14)18-6)17-5-7-4-8(13)2-3-9(7)15/h2-4H,5,16H2,1H3,(H,17,18,19). The van der Waals surface area contributed by atoms with Gasteiger partial charge < -0.3 is 11.1 Å². The summed E-state index contributed by atoms with van der Waals surface area (Å²) < 4.78 is 14.4. The van der Waals surface area contributed by atoms with Gasteiger partial charge in [-0.3, -0.25) is 0 Å². The lowest BCUT2D eigenvalue weighted by Gasteiger charge is -2.11. The summed E-state index contributed by atoms with van der Waals surface area (Å²) in [7, 11) is 0. The molecule has 0 spiro atoms. The summed E-state index contributed by atoms with van der Waals surface area (Å²) >= 11 is 9.06. The lowest BCUT2D eigenvalue weighted by molar-refractivity contribution is 0.612. The largest absolute Gasteiger partial charge is 0.394 e. The molecule has 19 heavy (non-hydrogen) atoms. The van der Waals surface area contributed by atoms with Gasteiger partial charge in [-0.05, 0) is 36.7 Å². The maximum atomic E-state index is 13.6. The van der Waals surface area contributed by atoms with Crippen molar-refractivity contribution in [2.75, 3.05) is 11.1 Å². The summed E-state index contributed by atoms with van der Waals surface area (Å²) in [6.07, 6.45) is 0. The van der Waals surface area contributed by atoms with Gasteiger partial charge in [-0.15, -0.1) is 0 Å². The minimum Gasteiger partial charge on any atom is -0.394 e. The van der Waals surface area contributed by atoms with Crippen LogP contribution >= 0.6 is 27.5 Å². The van der Waals surface area contributed by atoms with E-state index in [1.807, 2.05) is 0 Å². The van der Waals surface area contributed by atoms with E-state index in [9.17, 15) is 4.39 Å². The van der Waals surface area contributed by atoms with E-state index in [0.29, 0.717) is 22.8 Å². The third kappa shape index (κ3) is 3.33. The second-order valence-corrected chi connectivity index (χ2v) is 5.18. The van der Waals surface area contributed by atoms with E-state index in [1.165, 1.54) is 6.07 Å². The number of benzene rings is 1. The molecule has 0 aliphatic carbocycles. The molecule has 0 bridgehead atoms. The summed E-state index contributed by atoms with van der Waals surface area (Å²) in [4.78, 5) is 7.91. The van der Waals surface area contributed by atoms with Gasteiger partial charge in [0.1, 0.15) is 5.82 Å². The Labute approximate surface area is 123 Å². The Hall–Kier alpha value is -1.40. The fourth-order valence-electron chi connectivity index (χ4n) is 1.54. The van der Waals surface area contributed by atoms with E-state index in [-0.39, 0.29) is 17.6 Å². The topological polar surface area (TPSA) is 63.8 Å². The Balaban J connectivity index is 2.21. The zero-order valence-electron chi connectivity index (χ0n) is 10.0. The number of anilines is 2. The molecule has 0 saturated carbocycles. The summed E-state index contributed by atoms with van der Waals surface area (Å²) in [5.74, 6) is 0.100. The van der Waals surface area contributed by atoms with Gasteiger partial charge in [0.25, 0.3) is 0 Å². The van der Waals surface area contributed by atoms with Crippen LogP contribution in [0.5, 0.6) is 0 Å². The molecular formula is C12H11BrClFN4. The van der Waals surface area contributed by atoms with E-state index < -0.39 is 0 Å². The van der Waals surface area contributed by atoms with Crippen LogP contribution in [-0.4, -0.2) is 9.97 Å². The minimum absolute atomic E-state index is 0.101. The maximum Gasteiger partial charge on any atom is 0.224 e. The SMILES string of the molecule is Cc1nc(Cl)nc(NCc2cc(Br)ccc2F)c1N. The number of nitrogens with zero attached hydrogens (tertiary/aromatic N) is 2. The van der Waals surface area contributed by atoms with Crippen molar-refractivity contribution < 1.29 is 4.39 Å². The fraction of sp³-hybridized carbons (Fsp3) is 0.167. The molecule has 0 aliphatic heterocycles. The lowest BCUT2D eigenvalue weighted by Crippen LogP contribution is -2.08. The molecule has 0 aliphatic rings. The summed E-state index contributed by atoms with van der Waals surface area (Å²) in [6.45, 7) is 1.98. The van der Waals surface area contributed by atoms with Crippen LogP contribution in [0.2, 0.25) is 5.28 Å². The van der Waals surface area contributed by atoms with Gasteiger partial charge in [-0.2, -0.15) is 4.98 Å². The van der Waals surface area contributed by atoms with E-state index >= 15 is 0 Å². The highest BCUT2D eigenvalue weighted by molar-refractivity contribution is 9.10. The summed E-state index contributed by atoms with van der Waals surface area (Å²) in [5.41, 5.74) is 7.32. The zero-order chi connectivity index (χ0) is 14.0. The van der Waals surface area contributed by atoms with E-state index in [2.05, 4.69) is 31.2 Å². The number of aryl methyl sites for hydroxylation is 1. The van der Waals surface area contributed by atoms with Gasteiger partial charge in [0.15, 0.2) is 5.82 Å². The number of aromatic nitrogens is 2. The average Bonchev–Trinajstić information content (AvgIpc) is 2.35. The third-order valence-corrected chi connectivity index (χ3v) is 3.23. The van der Waals surface area contributed by atoms with Gasteiger partial charge in [-0.1, -0.05) is 15.9 Å². The third-order valence-electron chi connectivity index (χ3n) is 2.56. The van der Waals surface area contributed by atoms with Crippen LogP contribution in [0, 0.1) is 12.7 Å².